The fraction of sp³-hybridized carbons (Fsp3) is 0.391. The molecule has 1 amide bonds. The van der Waals surface area contributed by atoms with E-state index in [1.807, 2.05) is 18.2 Å². The summed E-state index contributed by atoms with van der Waals surface area (Å²) >= 11 is 0. The topological polar surface area (TPSA) is 60.9 Å². The van der Waals surface area contributed by atoms with Gasteiger partial charge in [0.15, 0.2) is 11.4 Å². The molecule has 28 heavy (non-hydrogen) atoms. The van der Waals surface area contributed by atoms with Crippen LogP contribution in [0, 0.1) is 5.92 Å². The molecule has 1 atom stereocenters. The molecular weight excluding hydrogens is 352 g/mol. The average Bonchev–Trinajstić information content (AvgIpc) is 2.92. The Labute approximate surface area is 165 Å². The van der Waals surface area contributed by atoms with Crippen LogP contribution in [-0.2, 0) is 10.4 Å². The molecule has 0 aromatic heterocycles. The van der Waals surface area contributed by atoms with Gasteiger partial charge in [0, 0.05) is 24.2 Å². The number of nitrogens with zero attached hydrogens (tertiary/aromatic N) is 2. The van der Waals surface area contributed by atoms with Crippen LogP contribution in [0.5, 0.6) is 0 Å². The van der Waals surface area contributed by atoms with Crippen molar-refractivity contribution in [3.05, 3.63) is 65.7 Å². The van der Waals surface area contributed by atoms with Crippen LogP contribution in [0.1, 0.15) is 42.1 Å². The summed E-state index contributed by atoms with van der Waals surface area (Å²) in [5, 5.41) is 11.4. The van der Waals surface area contributed by atoms with Crippen molar-refractivity contribution >= 4 is 17.4 Å². The van der Waals surface area contributed by atoms with Gasteiger partial charge in [0.1, 0.15) is 0 Å². The fourth-order valence-electron chi connectivity index (χ4n) is 4.18. The van der Waals surface area contributed by atoms with E-state index < -0.39 is 11.5 Å². The number of carbonyl (C=O) groups is 2. The third-order valence-corrected chi connectivity index (χ3v) is 5.97. The molecule has 1 unspecified atom stereocenters. The Bertz CT molecular complexity index is 874. The van der Waals surface area contributed by atoms with Crippen LogP contribution < -0.4 is 4.90 Å². The first kappa shape index (κ1) is 18.8. The maximum atomic E-state index is 13.3. The normalized spacial score (nSPS) is 23.1. The molecule has 1 N–H and O–H groups in total. The summed E-state index contributed by atoms with van der Waals surface area (Å²) in [4.78, 5) is 29.9. The number of likely N-dealkylation sites (tertiary alicyclic amines) is 1. The second-order valence-electron chi connectivity index (χ2n) is 8.02. The molecule has 0 aliphatic carbocycles. The Morgan fingerprint density at radius 1 is 1.07 bits per heavy atom. The summed E-state index contributed by atoms with van der Waals surface area (Å²) in [5.41, 5.74) is -0.0825. The van der Waals surface area contributed by atoms with Gasteiger partial charge in [-0.05, 0) is 24.8 Å². The lowest BCUT2D eigenvalue weighted by Crippen LogP contribution is -2.48. The van der Waals surface area contributed by atoms with Crippen LogP contribution in [-0.4, -0.2) is 41.5 Å². The molecule has 2 aromatic rings. The molecule has 0 saturated carbocycles. The lowest BCUT2D eigenvalue weighted by Gasteiger charge is -2.34. The number of fused-ring (bicyclic) bond motifs is 1. The number of ketones is 1. The number of hydrogen-bond donors (Lipinski definition) is 1. The lowest BCUT2D eigenvalue weighted by atomic mass is 9.88. The molecule has 4 rings (SSSR count). The van der Waals surface area contributed by atoms with E-state index >= 15 is 0 Å². The number of benzene rings is 2. The van der Waals surface area contributed by atoms with Gasteiger partial charge in [0.25, 0.3) is 5.91 Å². The Morgan fingerprint density at radius 3 is 2.43 bits per heavy atom. The maximum absolute atomic E-state index is 13.3. The summed E-state index contributed by atoms with van der Waals surface area (Å²) in [7, 11) is 0. The molecule has 2 aromatic carbocycles. The number of para-hydroxylation sites is 1. The first-order chi connectivity index (χ1) is 13.5. The Hall–Kier alpha value is -2.50. The van der Waals surface area contributed by atoms with E-state index in [0.717, 1.165) is 25.9 Å². The standard InChI is InChI=1S/C23H26N2O3/c1-17-11-13-24(14-12-17)16-25-20-10-6-5-9-19(20)23(28,22(25)27)15-21(26)18-7-3-2-4-8-18/h2-10,17,28H,11-16H2,1H3. The van der Waals surface area contributed by atoms with Crippen LogP contribution >= 0.6 is 0 Å². The predicted molar refractivity (Wildman–Crippen MR) is 108 cm³/mol. The zero-order chi connectivity index (χ0) is 19.7. The van der Waals surface area contributed by atoms with Gasteiger partial charge >= 0.3 is 0 Å². The Morgan fingerprint density at radius 2 is 1.71 bits per heavy atom. The van der Waals surface area contributed by atoms with Gasteiger partial charge < -0.3 is 5.11 Å². The van der Waals surface area contributed by atoms with E-state index in [0.29, 0.717) is 29.4 Å². The summed E-state index contributed by atoms with van der Waals surface area (Å²) in [6, 6.07) is 16.1. The largest absolute Gasteiger partial charge is 0.375 e. The molecular formula is C23H26N2O3. The molecule has 1 saturated heterocycles. The number of piperidine rings is 1. The Balaban J connectivity index is 1.60. The van der Waals surface area contributed by atoms with E-state index in [4.69, 9.17) is 0 Å². The van der Waals surface area contributed by atoms with Crippen molar-refractivity contribution in [2.45, 2.75) is 31.8 Å². The first-order valence-corrected chi connectivity index (χ1v) is 9.93. The van der Waals surface area contributed by atoms with Crippen molar-refractivity contribution in [3.8, 4) is 0 Å². The van der Waals surface area contributed by atoms with Crippen molar-refractivity contribution in [3.63, 3.8) is 0 Å². The minimum Gasteiger partial charge on any atom is -0.375 e. The quantitative estimate of drug-likeness (QED) is 0.812. The molecule has 2 heterocycles. The van der Waals surface area contributed by atoms with Crippen LogP contribution in [0.25, 0.3) is 0 Å². The van der Waals surface area contributed by atoms with Gasteiger partial charge in [-0.2, -0.15) is 0 Å². The molecule has 5 heteroatoms. The van der Waals surface area contributed by atoms with Gasteiger partial charge in [0.2, 0.25) is 0 Å². The van der Waals surface area contributed by atoms with Crippen LogP contribution in [0.2, 0.25) is 0 Å². The molecule has 5 nitrogen and oxygen atoms in total. The number of aliphatic hydroxyl groups is 1. The second kappa shape index (κ2) is 7.49. The third kappa shape index (κ3) is 3.36. The van der Waals surface area contributed by atoms with Gasteiger partial charge in [-0.1, -0.05) is 55.5 Å². The van der Waals surface area contributed by atoms with Crippen LogP contribution in [0.3, 0.4) is 0 Å². The Kier molecular flexibility index (Phi) is 5.04. The van der Waals surface area contributed by atoms with Gasteiger partial charge in [-0.3, -0.25) is 19.4 Å². The number of Topliss-reactive ketones (excluding diaryl/α,β-unsaturated/α-hetero) is 1. The monoisotopic (exact) mass is 378 g/mol. The molecule has 2 aliphatic rings. The molecule has 2 aliphatic heterocycles. The van der Waals surface area contributed by atoms with Crippen molar-refractivity contribution in [1.82, 2.24) is 4.90 Å². The number of hydrogen-bond acceptors (Lipinski definition) is 4. The molecule has 0 radical (unpaired) electrons. The minimum atomic E-state index is -1.81. The van der Waals surface area contributed by atoms with Crippen LogP contribution in [0.4, 0.5) is 5.69 Å². The SMILES string of the molecule is CC1CCN(CN2C(=O)C(O)(CC(=O)c3ccccc3)c3ccccc32)CC1. The lowest BCUT2D eigenvalue weighted by molar-refractivity contribution is -0.136. The van der Waals surface area contributed by atoms with Gasteiger partial charge in [-0.25, -0.2) is 0 Å². The highest BCUT2D eigenvalue weighted by atomic mass is 16.3. The minimum absolute atomic E-state index is 0.236. The van der Waals surface area contributed by atoms with E-state index in [1.165, 1.54) is 0 Å². The number of rotatable bonds is 5. The number of carbonyl (C=O) groups excluding carboxylic acids is 2. The van der Waals surface area contributed by atoms with E-state index in [2.05, 4.69) is 11.8 Å². The van der Waals surface area contributed by atoms with E-state index in [-0.39, 0.29) is 12.2 Å². The third-order valence-electron chi connectivity index (χ3n) is 5.97. The molecule has 0 bridgehead atoms. The number of anilines is 1. The van der Waals surface area contributed by atoms with E-state index in [9.17, 15) is 14.7 Å². The summed E-state index contributed by atoms with van der Waals surface area (Å²) < 4.78 is 0. The highest BCUT2D eigenvalue weighted by Crippen LogP contribution is 2.43. The number of amides is 1. The molecule has 146 valence electrons. The highest BCUT2D eigenvalue weighted by molar-refractivity contribution is 6.10. The van der Waals surface area contributed by atoms with Crippen LogP contribution in [0.15, 0.2) is 54.6 Å². The zero-order valence-electron chi connectivity index (χ0n) is 16.2. The molecule has 1 fully saturated rings. The second-order valence-corrected chi connectivity index (χ2v) is 8.02. The smallest absolute Gasteiger partial charge is 0.265 e. The van der Waals surface area contributed by atoms with Crippen molar-refractivity contribution in [2.24, 2.45) is 5.92 Å². The maximum Gasteiger partial charge on any atom is 0.265 e. The average molecular weight is 378 g/mol. The molecule has 0 spiro atoms. The summed E-state index contributed by atoms with van der Waals surface area (Å²) in [5.74, 6) is 0.0646. The first-order valence-electron chi connectivity index (χ1n) is 9.93. The van der Waals surface area contributed by atoms with E-state index in [1.54, 1.807) is 41.3 Å². The summed E-state index contributed by atoms with van der Waals surface area (Å²) in [6.45, 7) is 4.58. The van der Waals surface area contributed by atoms with Gasteiger partial charge in [0.05, 0.1) is 18.8 Å². The van der Waals surface area contributed by atoms with Crippen molar-refractivity contribution in [1.29, 1.82) is 0 Å². The predicted octanol–water partition coefficient (Wildman–Crippen LogP) is 3.18. The highest BCUT2D eigenvalue weighted by Gasteiger charge is 2.51. The van der Waals surface area contributed by atoms with Crippen molar-refractivity contribution < 1.29 is 14.7 Å². The fourth-order valence-corrected chi connectivity index (χ4v) is 4.18. The zero-order valence-corrected chi connectivity index (χ0v) is 16.2. The summed E-state index contributed by atoms with van der Waals surface area (Å²) in [6.07, 6.45) is 1.97. The van der Waals surface area contributed by atoms with Gasteiger partial charge in [-0.15, -0.1) is 0 Å². The van der Waals surface area contributed by atoms with Crippen molar-refractivity contribution in [2.75, 3.05) is 24.7 Å².